The Morgan fingerprint density at radius 1 is 1.40 bits per heavy atom. The molecular weight excluding hydrogens is 270 g/mol. The summed E-state index contributed by atoms with van der Waals surface area (Å²) in [5.41, 5.74) is 1.15. The van der Waals surface area contributed by atoms with Crippen molar-refractivity contribution in [2.75, 3.05) is 24.2 Å². The number of ether oxygens (including phenoxy) is 1. The van der Waals surface area contributed by atoms with E-state index < -0.39 is 0 Å². The normalized spacial score (nSPS) is 18.8. The molecule has 1 fully saturated rings. The van der Waals surface area contributed by atoms with E-state index in [4.69, 9.17) is 9.72 Å². The van der Waals surface area contributed by atoms with Crippen molar-refractivity contribution in [2.45, 2.75) is 57.6 Å². The third kappa shape index (κ3) is 3.85. The van der Waals surface area contributed by atoms with Crippen LogP contribution in [0.2, 0.25) is 0 Å². The molecule has 0 spiro atoms. The summed E-state index contributed by atoms with van der Waals surface area (Å²) in [7, 11) is 0. The molecule has 0 bridgehead atoms. The van der Waals surface area contributed by atoms with E-state index in [1.54, 1.807) is 11.8 Å². The van der Waals surface area contributed by atoms with Gasteiger partial charge in [-0.1, -0.05) is 13.8 Å². The van der Waals surface area contributed by atoms with Crippen LogP contribution in [0.4, 0.5) is 5.82 Å². The first-order chi connectivity index (χ1) is 9.61. The molecule has 2 heterocycles. The second-order valence-corrected chi connectivity index (χ2v) is 6.50. The van der Waals surface area contributed by atoms with Gasteiger partial charge in [0.05, 0.1) is 6.10 Å². The zero-order valence-corrected chi connectivity index (χ0v) is 13.7. The Hall–Kier alpha value is -0.810. The van der Waals surface area contributed by atoms with Gasteiger partial charge >= 0.3 is 0 Å². The zero-order chi connectivity index (χ0) is 14.5. The van der Waals surface area contributed by atoms with Crippen LogP contribution in [0.15, 0.2) is 5.03 Å². The number of aromatic nitrogens is 2. The first kappa shape index (κ1) is 15.6. The largest absolute Gasteiger partial charge is 0.377 e. The van der Waals surface area contributed by atoms with Gasteiger partial charge < -0.3 is 10.1 Å². The smallest absolute Gasteiger partial charge is 0.134 e. The quantitative estimate of drug-likeness (QED) is 0.641. The molecule has 1 aliphatic heterocycles. The number of hydrogen-bond acceptors (Lipinski definition) is 5. The minimum Gasteiger partial charge on any atom is -0.377 e. The lowest BCUT2D eigenvalue weighted by molar-refractivity contribution is 0.129. The summed E-state index contributed by atoms with van der Waals surface area (Å²) in [6.07, 6.45) is 2.75. The van der Waals surface area contributed by atoms with Gasteiger partial charge in [-0.25, -0.2) is 9.97 Å². The molecule has 1 saturated heterocycles. The van der Waals surface area contributed by atoms with Crippen LogP contribution in [0.1, 0.15) is 50.9 Å². The standard InChI is InChI=1S/C15H25N3OS/c1-5-16-14-11(4)15(18-13(17-14)10(2)3)20-9-12-7-6-8-19-12/h10,12H,5-9H2,1-4H3,(H,16,17,18). The molecule has 0 amide bonds. The third-order valence-corrected chi connectivity index (χ3v) is 4.62. The first-order valence-corrected chi connectivity index (χ1v) is 8.47. The highest BCUT2D eigenvalue weighted by molar-refractivity contribution is 7.99. The van der Waals surface area contributed by atoms with E-state index in [2.05, 4.69) is 38.0 Å². The molecular formula is C15H25N3OS. The lowest BCUT2D eigenvalue weighted by Gasteiger charge is -2.15. The van der Waals surface area contributed by atoms with E-state index >= 15 is 0 Å². The van der Waals surface area contributed by atoms with Crippen molar-refractivity contribution in [3.63, 3.8) is 0 Å². The Kier molecular flexibility index (Phi) is 5.66. The maximum absolute atomic E-state index is 5.69. The van der Waals surface area contributed by atoms with E-state index in [0.717, 1.165) is 41.1 Å². The highest BCUT2D eigenvalue weighted by Gasteiger charge is 2.18. The third-order valence-electron chi connectivity index (χ3n) is 3.41. The zero-order valence-electron chi connectivity index (χ0n) is 12.9. The van der Waals surface area contributed by atoms with Crippen molar-refractivity contribution in [3.8, 4) is 0 Å². The predicted molar refractivity (Wildman–Crippen MR) is 84.7 cm³/mol. The van der Waals surface area contributed by atoms with Gasteiger partial charge in [-0.3, -0.25) is 0 Å². The summed E-state index contributed by atoms with van der Waals surface area (Å²) in [4.78, 5) is 9.37. The summed E-state index contributed by atoms with van der Waals surface area (Å²) in [6.45, 7) is 10.2. The molecule has 0 aliphatic carbocycles. The number of nitrogens with one attached hydrogen (secondary N) is 1. The fourth-order valence-corrected chi connectivity index (χ4v) is 3.28. The van der Waals surface area contributed by atoms with Crippen LogP contribution in [-0.4, -0.2) is 35.0 Å². The highest BCUT2D eigenvalue weighted by Crippen LogP contribution is 2.29. The Balaban J connectivity index is 2.15. The number of thioether (sulfide) groups is 1. The summed E-state index contributed by atoms with van der Waals surface area (Å²) in [5.74, 6) is 3.22. The van der Waals surface area contributed by atoms with Gasteiger partial charge in [-0.15, -0.1) is 11.8 Å². The van der Waals surface area contributed by atoms with Crippen molar-refractivity contribution in [1.29, 1.82) is 0 Å². The summed E-state index contributed by atoms with van der Waals surface area (Å²) >= 11 is 1.80. The molecule has 20 heavy (non-hydrogen) atoms. The lowest BCUT2D eigenvalue weighted by atomic mass is 10.2. The average molecular weight is 295 g/mol. The fourth-order valence-electron chi connectivity index (χ4n) is 2.20. The molecule has 1 atom stereocenters. The van der Waals surface area contributed by atoms with Crippen molar-refractivity contribution >= 4 is 17.6 Å². The van der Waals surface area contributed by atoms with Crippen LogP contribution in [-0.2, 0) is 4.74 Å². The van der Waals surface area contributed by atoms with E-state index in [9.17, 15) is 0 Å². The molecule has 1 aromatic rings. The Labute approximate surface area is 126 Å². The summed E-state index contributed by atoms with van der Waals surface area (Å²) in [5, 5.41) is 4.44. The van der Waals surface area contributed by atoms with E-state index in [0.29, 0.717) is 12.0 Å². The van der Waals surface area contributed by atoms with Crippen molar-refractivity contribution < 1.29 is 4.74 Å². The molecule has 2 rings (SSSR count). The molecule has 1 aliphatic rings. The Morgan fingerprint density at radius 3 is 2.80 bits per heavy atom. The summed E-state index contributed by atoms with van der Waals surface area (Å²) < 4.78 is 5.69. The molecule has 0 aromatic carbocycles. The first-order valence-electron chi connectivity index (χ1n) is 7.48. The van der Waals surface area contributed by atoms with Gasteiger partial charge in [0.1, 0.15) is 16.7 Å². The molecule has 1 N–H and O–H groups in total. The van der Waals surface area contributed by atoms with Gasteiger partial charge in [0.15, 0.2) is 0 Å². The van der Waals surface area contributed by atoms with Crippen LogP contribution in [0.5, 0.6) is 0 Å². The second kappa shape index (κ2) is 7.27. The number of nitrogens with zero attached hydrogens (tertiary/aromatic N) is 2. The van der Waals surface area contributed by atoms with Gasteiger partial charge in [-0.2, -0.15) is 0 Å². The number of anilines is 1. The van der Waals surface area contributed by atoms with Crippen LogP contribution in [0.25, 0.3) is 0 Å². The Morgan fingerprint density at radius 2 is 2.20 bits per heavy atom. The number of hydrogen-bond donors (Lipinski definition) is 1. The van der Waals surface area contributed by atoms with Gasteiger partial charge in [0, 0.05) is 30.4 Å². The predicted octanol–water partition coefficient (Wildman–Crippen LogP) is 3.61. The molecule has 5 heteroatoms. The molecule has 112 valence electrons. The summed E-state index contributed by atoms with van der Waals surface area (Å²) in [6, 6.07) is 0. The SMILES string of the molecule is CCNc1nc(C(C)C)nc(SCC2CCCO2)c1C. The van der Waals surface area contributed by atoms with Crippen LogP contribution < -0.4 is 5.32 Å². The maximum Gasteiger partial charge on any atom is 0.134 e. The van der Waals surface area contributed by atoms with Crippen LogP contribution in [0.3, 0.4) is 0 Å². The van der Waals surface area contributed by atoms with E-state index in [-0.39, 0.29) is 0 Å². The molecule has 0 radical (unpaired) electrons. The van der Waals surface area contributed by atoms with Gasteiger partial charge in [0.2, 0.25) is 0 Å². The van der Waals surface area contributed by atoms with Crippen molar-refractivity contribution in [3.05, 3.63) is 11.4 Å². The fraction of sp³-hybridized carbons (Fsp3) is 0.733. The van der Waals surface area contributed by atoms with Gasteiger partial charge in [-0.05, 0) is 26.7 Å². The average Bonchev–Trinajstić information content (AvgIpc) is 2.92. The van der Waals surface area contributed by atoms with E-state index in [1.807, 2.05) is 0 Å². The lowest BCUT2D eigenvalue weighted by Crippen LogP contribution is -2.11. The van der Waals surface area contributed by atoms with Gasteiger partial charge in [0.25, 0.3) is 0 Å². The van der Waals surface area contributed by atoms with Crippen LogP contribution >= 0.6 is 11.8 Å². The monoisotopic (exact) mass is 295 g/mol. The minimum absolute atomic E-state index is 0.343. The maximum atomic E-state index is 5.69. The van der Waals surface area contributed by atoms with Crippen molar-refractivity contribution in [1.82, 2.24) is 9.97 Å². The van der Waals surface area contributed by atoms with Crippen molar-refractivity contribution in [2.24, 2.45) is 0 Å². The molecule has 0 saturated carbocycles. The second-order valence-electron chi connectivity index (χ2n) is 5.49. The van der Waals surface area contributed by atoms with Crippen LogP contribution in [0, 0.1) is 6.92 Å². The number of rotatable bonds is 6. The topological polar surface area (TPSA) is 47.0 Å². The van der Waals surface area contributed by atoms with E-state index in [1.165, 1.54) is 12.8 Å². The molecule has 1 aromatic heterocycles. The minimum atomic E-state index is 0.343. The molecule has 1 unspecified atom stereocenters. The molecule has 4 nitrogen and oxygen atoms in total. The Bertz CT molecular complexity index is 445. The highest BCUT2D eigenvalue weighted by atomic mass is 32.2.